The van der Waals surface area contributed by atoms with Crippen LogP contribution in [0.4, 0.5) is 0 Å². The lowest BCUT2D eigenvalue weighted by Crippen LogP contribution is -2.03. The molecule has 1 heterocycles. The van der Waals surface area contributed by atoms with Crippen molar-refractivity contribution >= 4 is 0 Å². The van der Waals surface area contributed by atoms with E-state index in [1.165, 1.54) is 117 Å². The molecule has 0 aliphatic rings. The van der Waals surface area contributed by atoms with Gasteiger partial charge in [0.15, 0.2) is 0 Å². The minimum atomic E-state index is 0.998. The zero-order valence-electron chi connectivity index (χ0n) is 32.8. The highest BCUT2D eigenvalue weighted by Gasteiger charge is 2.21. The molecular weight excluding hydrogens is 603 g/mol. The molecule has 0 aliphatic heterocycles. The van der Waals surface area contributed by atoms with Crippen LogP contribution in [-0.4, -0.2) is 4.98 Å². The van der Waals surface area contributed by atoms with Gasteiger partial charge in [-0.05, 0) is 239 Å². The molecule has 1 aromatic heterocycles. The second kappa shape index (κ2) is 13.2. The van der Waals surface area contributed by atoms with Crippen molar-refractivity contribution in [2.24, 2.45) is 0 Å². The standard InChI is InChI=1S/C49H53N/c1-26-15-17-40(19-28(26)3)42-21-43(41-18-16-27(2)29(4)20-41)23-44(22-42)46-24-45(48-36(11)32(7)30(5)33(8)37(48)12)25-47(50-46)49-38(13)34(9)31(6)35(10)39(49)14/h15-25H,1-14H3. The van der Waals surface area contributed by atoms with Crippen molar-refractivity contribution in [3.8, 4) is 55.9 Å². The summed E-state index contributed by atoms with van der Waals surface area (Å²) in [4.78, 5) is 5.59. The molecule has 254 valence electrons. The molecular formula is C49H53N. The molecule has 0 N–H and O–H groups in total. The Balaban J connectivity index is 1.72. The quantitative estimate of drug-likeness (QED) is 0.180. The fourth-order valence-corrected chi connectivity index (χ4v) is 7.72. The summed E-state index contributed by atoms with van der Waals surface area (Å²) in [6.45, 7) is 31.5. The minimum Gasteiger partial charge on any atom is -0.248 e. The molecule has 0 amide bonds. The number of benzene rings is 5. The summed E-state index contributed by atoms with van der Waals surface area (Å²) < 4.78 is 0. The van der Waals surface area contributed by atoms with Gasteiger partial charge in [-0.25, -0.2) is 4.98 Å². The molecule has 0 aliphatic carbocycles. The average molecular weight is 656 g/mol. The lowest BCUT2D eigenvalue weighted by molar-refractivity contribution is 1.16. The van der Waals surface area contributed by atoms with Crippen molar-refractivity contribution < 1.29 is 0 Å². The molecule has 0 bridgehead atoms. The zero-order valence-corrected chi connectivity index (χ0v) is 32.8. The highest BCUT2D eigenvalue weighted by molar-refractivity contribution is 5.86. The average Bonchev–Trinajstić information content (AvgIpc) is 3.10. The van der Waals surface area contributed by atoms with Crippen LogP contribution in [-0.2, 0) is 0 Å². The van der Waals surface area contributed by atoms with E-state index >= 15 is 0 Å². The van der Waals surface area contributed by atoms with Crippen molar-refractivity contribution in [1.29, 1.82) is 0 Å². The van der Waals surface area contributed by atoms with Gasteiger partial charge < -0.3 is 0 Å². The highest BCUT2D eigenvalue weighted by Crippen LogP contribution is 2.41. The van der Waals surface area contributed by atoms with Gasteiger partial charge in [-0.2, -0.15) is 0 Å². The van der Waals surface area contributed by atoms with Gasteiger partial charge in [0, 0.05) is 11.1 Å². The summed E-state index contributed by atoms with van der Waals surface area (Å²) in [5.74, 6) is 0. The number of hydrogen-bond acceptors (Lipinski definition) is 1. The van der Waals surface area contributed by atoms with E-state index in [0.717, 1.165) is 17.0 Å². The summed E-state index contributed by atoms with van der Waals surface area (Å²) in [7, 11) is 0. The van der Waals surface area contributed by atoms with Gasteiger partial charge in [0.1, 0.15) is 0 Å². The van der Waals surface area contributed by atoms with Gasteiger partial charge in [-0.1, -0.05) is 36.4 Å². The first-order chi connectivity index (χ1) is 23.6. The SMILES string of the molecule is Cc1ccc(-c2cc(-c3ccc(C)c(C)c3)cc(-c3cc(-c4c(C)c(C)c(C)c(C)c4C)cc(-c4c(C)c(C)c(C)c(C)c4C)n3)c2)cc1C. The number of aromatic nitrogens is 1. The van der Waals surface area contributed by atoms with Crippen LogP contribution >= 0.6 is 0 Å². The van der Waals surface area contributed by atoms with Gasteiger partial charge in [0.25, 0.3) is 0 Å². The molecule has 0 radical (unpaired) electrons. The Bertz CT molecular complexity index is 2130. The molecule has 5 aromatic carbocycles. The minimum absolute atomic E-state index is 0.998. The second-order valence-corrected chi connectivity index (χ2v) is 15.0. The normalized spacial score (nSPS) is 11.4. The van der Waals surface area contributed by atoms with Crippen molar-refractivity contribution in [2.45, 2.75) is 96.9 Å². The molecule has 0 spiro atoms. The fourth-order valence-electron chi connectivity index (χ4n) is 7.72. The molecule has 0 atom stereocenters. The molecule has 0 saturated heterocycles. The van der Waals surface area contributed by atoms with Crippen LogP contribution in [0.15, 0.2) is 66.7 Å². The Morgan fingerprint density at radius 3 is 1.04 bits per heavy atom. The number of pyridine rings is 1. The third kappa shape index (κ3) is 6.02. The first kappa shape index (κ1) is 35.1. The maximum Gasteiger partial charge on any atom is 0.0721 e. The molecule has 6 rings (SSSR count). The smallest absolute Gasteiger partial charge is 0.0721 e. The van der Waals surface area contributed by atoms with E-state index in [9.17, 15) is 0 Å². The van der Waals surface area contributed by atoms with Crippen LogP contribution in [0.25, 0.3) is 55.9 Å². The summed E-state index contributed by atoms with van der Waals surface area (Å²) in [6.07, 6.45) is 0. The van der Waals surface area contributed by atoms with E-state index in [2.05, 4.69) is 164 Å². The fraction of sp³-hybridized carbons (Fsp3) is 0.286. The third-order valence-electron chi connectivity index (χ3n) is 12.3. The first-order valence-corrected chi connectivity index (χ1v) is 18.1. The number of aryl methyl sites for hydroxylation is 4. The predicted octanol–water partition coefficient (Wildman–Crippen LogP) is 13.7. The Labute approximate surface area is 301 Å². The lowest BCUT2D eigenvalue weighted by atomic mass is 9.84. The van der Waals surface area contributed by atoms with E-state index in [-0.39, 0.29) is 0 Å². The summed E-state index contributed by atoms with van der Waals surface area (Å²) in [5, 5.41) is 0. The van der Waals surface area contributed by atoms with E-state index in [1.807, 2.05) is 0 Å². The van der Waals surface area contributed by atoms with Crippen LogP contribution in [0.1, 0.15) is 77.9 Å². The van der Waals surface area contributed by atoms with Crippen molar-refractivity contribution in [3.63, 3.8) is 0 Å². The highest BCUT2D eigenvalue weighted by atomic mass is 14.7. The van der Waals surface area contributed by atoms with Crippen molar-refractivity contribution in [2.75, 3.05) is 0 Å². The Morgan fingerprint density at radius 2 is 0.620 bits per heavy atom. The Kier molecular flexibility index (Phi) is 9.25. The van der Waals surface area contributed by atoms with Crippen molar-refractivity contribution in [3.05, 3.63) is 145 Å². The lowest BCUT2D eigenvalue weighted by Gasteiger charge is -2.22. The van der Waals surface area contributed by atoms with Crippen LogP contribution in [0, 0.1) is 96.9 Å². The first-order valence-electron chi connectivity index (χ1n) is 18.1. The second-order valence-electron chi connectivity index (χ2n) is 15.0. The molecule has 0 fully saturated rings. The number of rotatable bonds is 5. The monoisotopic (exact) mass is 655 g/mol. The molecule has 0 saturated carbocycles. The zero-order chi connectivity index (χ0) is 36.3. The van der Waals surface area contributed by atoms with Crippen molar-refractivity contribution in [1.82, 2.24) is 4.98 Å². The van der Waals surface area contributed by atoms with Crippen LogP contribution in [0.5, 0.6) is 0 Å². The molecule has 6 aromatic rings. The van der Waals surface area contributed by atoms with E-state index in [4.69, 9.17) is 4.98 Å². The molecule has 0 unspecified atom stereocenters. The molecule has 1 nitrogen and oxygen atoms in total. The number of nitrogens with zero attached hydrogens (tertiary/aromatic N) is 1. The van der Waals surface area contributed by atoms with Crippen LogP contribution in [0.2, 0.25) is 0 Å². The maximum atomic E-state index is 5.59. The third-order valence-corrected chi connectivity index (χ3v) is 12.3. The maximum absolute atomic E-state index is 5.59. The van der Waals surface area contributed by atoms with Gasteiger partial charge in [0.2, 0.25) is 0 Å². The topological polar surface area (TPSA) is 12.9 Å². The van der Waals surface area contributed by atoms with E-state index in [0.29, 0.717) is 0 Å². The van der Waals surface area contributed by atoms with Crippen LogP contribution in [0.3, 0.4) is 0 Å². The Morgan fingerprint density at radius 1 is 0.260 bits per heavy atom. The van der Waals surface area contributed by atoms with Gasteiger partial charge in [-0.3, -0.25) is 0 Å². The van der Waals surface area contributed by atoms with Gasteiger partial charge >= 0.3 is 0 Å². The van der Waals surface area contributed by atoms with Gasteiger partial charge in [-0.15, -0.1) is 0 Å². The van der Waals surface area contributed by atoms with E-state index < -0.39 is 0 Å². The predicted molar refractivity (Wildman–Crippen MR) is 218 cm³/mol. The number of hydrogen-bond donors (Lipinski definition) is 0. The molecule has 50 heavy (non-hydrogen) atoms. The van der Waals surface area contributed by atoms with Crippen LogP contribution < -0.4 is 0 Å². The Hall–Kier alpha value is -4.75. The summed E-state index contributed by atoms with van der Waals surface area (Å²) in [5.41, 5.74) is 30.5. The van der Waals surface area contributed by atoms with Gasteiger partial charge in [0.05, 0.1) is 11.4 Å². The summed E-state index contributed by atoms with van der Waals surface area (Å²) >= 11 is 0. The summed E-state index contributed by atoms with van der Waals surface area (Å²) in [6, 6.07) is 25.4. The molecule has 1 heteroatoms. The van der Waals surface area contributed by atoms with E-state index in [1.54, 1.807) is 0 Å². The largest absolute Gasteiger partial charge is 0.248 e.